The van der Waals surface area contributed by atoms with Gasteiger partial charge in [-0.05, 0) is 35.7 Å². The molecule has 42 heavy (non-hydrogen) atoms. The summed E-state index contributed by atoms with van der Waals surface area (Å²) < 4.78 is 13.7. The Morgan fingerprint density at radius 1 is 0.976 bits per heavy atom. The van der Waals surface area contributed by atoms with Crippen LogP contribution in [0.3, 0.4) is 0 Å². The number of nitrogens with zero attached hydrogens (tertiary/aromatic N) is 1. The number of hydrogen-bond acceptors (Lipinski definition) is 8. The second-order valence-corrected chi connectivity index (χ2v) is 10.1. The molecule has 1 aromatic heterocycles. The summed E-state index contributed by atoms with van der Waals surface area (Å²) in [5.74, 6) is -0.0250. The molecule has 0 radical (unpaired) electrons. The van der Waals surface area contributed by atoms with E-state index in [4.69, 9.17) is 19.2 Å². The normalized spacial score (nSPS) is 22.1. The number of ether oxygens (including phenoxy) is 2. The summed E-state index contributed by atoms with van der Waals surface area (Å²) >= 11 is 0. The third kappa shape index (κ3) is 4.23. The molecule has 0 aliphatic carbocycles. The van der Waals surface area contributed by atoms with E-state index in [0.29, 0.717) is 22.4 Å². The van der Waals surface area contributed by atoms with Crippen LogP contribution >= 0.6 is 0 Å². The second kappa shape index (κ2) is 11.5. The highest BCUT2D eigenvalue weighted by Crippen LogP contribution is 2.62. The van der Waals surface area contributed by atoms with Crippen LogP contribution in [0.1, 0.15) is 30.0 Å². The van der Waals surface area contributed by atoms with Crippen LogP contribution in [0.5, 0.6) is 5.75 Å². The molecule has 5 rings (SSSR count). The fourth-order valence-corrected chi connectivity index (χ4v) is 6.42. The minimum Gasteiger partial charge on any atom is -0.497 e. The zero-order valence-corrected chi connectivity index (χ0v) is 23.5. The van der Waals surface area contributed by atoms with Gasteiger partial charge in [-0.1, -0.05) is 72.8 Å². The number of aliphatic hydroxyl groups is 1. The number of ketones is 1. The summed E-state index contributed by atoms with van der Waals surface area (Å²) in [6.07, 6.45) is 0.113. The minimum absolute atomic E-state index is 0.177. The number of H-pyrrole nitrogens is 1. The number of carbonyl (C=O) groups is 1. The third-order valence-electron chi connectivity index (χ3n) is 7.99. The van der Waals surface area contributed by atoms with E-state index in [9.17, 15) is 19.5 Å². The molecule has 3 atom stereocenters. The van der Waals surface area contributed by atoms with Gasteiger partial charge in [0.15, 0.2) is 5.78 Å². The lowest BCUT2D eigenvalue weighted by Crippen LogP contribution is -2.71. The van der Waals surface area contributed by atoms with Gasteiger partial charge in [-0.2, -0.15) is 0 Å². The van der Waals surface area contributed by atoms with E-state index in [1.165, 1.54) is 38.0 Å². The number of hydrogen-bond donors (Lipinski definition) is 2. The Bertz CT molecular complexity index is 1630. The van der Waals surface area contributed by atoms with E-state index in [0.717, 1.165) is 0 Å². The smallest absolute Gasteiger partial charge is 0.330 e. The van der Waals surface area contributed by atoms with Crippen LogP contribution in [0.25, 0.3) is 0 Å². The molecular formula is C32H32N2O8. The maximum atomic E-state index is 14.1. The zero-order chi connectivity index (χ0) is 30.0. The topological polar surface area (TPSA) is 129 Å². The molecule has 10 nitrogen and oxygen atoms in total. The minimum atomic E-state index is -2.13. The molecule has 1 aliphatic heterocycles. The molecule has 0 amide bonds. The van der Waals surface area contributed by atoms with Gasteiger partial charge >= 0.3 is 5.69 Å². The first-order chi connectivity index (χ1) is 20.3. The maximum Gasteiger partial charge on any atom is 0.330 e. The molecular weight excluding hydrogens is 540 g/mol. The van der Waals surface area contributed by atoms with E-state index in [2.05, 4.69) is 4.98 Å². The Kier molecular flexibility index (Phi) is 7.98. The highest BCUT2D eigenvalue weighted by molar-refractivity contribution is 5.88. The Labute approximate surface area is 242 Å². The average molecular weight is 573 g/mol. The molecule has 1 saturated heterocycles. The van der Waals surface area contributed by atoms with Gasteiger partial charge in [0.25, 0.3) is 5.56 Å². The third-order valence-corrected chi connectivity index (χ3v) is 7.99. The van der Waals surface area contributed by atoms with Crippen molar-refractivity contribution < 1.29 is 29.1 Å². The van der Waals surface area contributed by atoms with Gasteiger partial charge in [0.2, 0.25) is 11.3 Å². The highest BCUT2D eigenvalue weighted by Gasteiger charge is 2.76. The summed E-state index contributed by atoms with van der Waals surface area (Å²) in [7, 11) is 2.80. The summed E-state index contributed by atoms with van der Waals surface area (Å²) in [6.45, 7) is 0.819. The SMILES string of the molecule is COO[C@]1(C(C)=O)C[C@@H](CO)O[C@]1(n1ccc(=O)[nH]c1=O)C(c1ccccc1)(c1ccccc1)c1cccc(OC)c1. The number of aromatic amines is 1. The first kappa shape index (κ1) is 29.2. The lowest BCUT2D eigenvalue weighted by Gasteiger charge is -2.55. The molecule has 10 heteroatoms. The van der Waals surface area contributed by atoms with Crippen LogP contribution in [0.2, 0.25) is 0 Å². The van der Waals surface area contributed by atoms with E-state index in [1.807, 2.05) is 66.7 Å². The van der Waals surface area contributed by atoms with Crippen LogP contribution < -0.4 is 16.0 Å². The summed E-state index contributed by atoms with van der Waals surface area (Å²) in [5, 5.41) is 10.5. The molecule has 4 aromatic rings. The van der Waals surface area contributed by atoms with E-state index in [-0.39, 0.29) is 6.42 Å². The molecule has 218 valence electrons. The Balaban J connectivity index is 2.14. The Morgan fingerprint density at radius 2 is 1.60 bits per heavy atom. The van der Waals surface area contributed by atoms with E-state index in [1.54, 1.807) is 18.2 Å². The van der Waals surface area contributed by atoms with Crippen molar-refractivity contribution in [1.29, 1.82) is 0 Å². The first-order valence-corrected chi connectivity index (χ1v) is 13.4. The number of rotatable bonds is 10. The van der Waals surface area contributed by atoms with Crippen molar-refractivity contribution in [1.82, 2.24) is 9.55 Å². The van der Waals surface area contributed by atoms with Crippen LogP contribution in [-0.2, 0) is 30.4 Å². The molecule has 3 aromatic carbocycles. The fourth-order valence-electron chi connectivity index (χ4n) is 6.42. The van der Waals surface area contributed by atoms with Gasteiger partial charge in [0.05, 0.1) is 32.3 Å². The summed E-state index contributed by atoms with van der Waals surface area (Å²) in [5.41, 5.74) is -5.43. The lowest BCUT2D eigenvalue weighted by molar-refractivity contribution is -0.374. The second-order valence-electron chi connectivity index (χ2n) is 10.1. The number of benzene rings is 3. The number of aromatic nitrogens is 2. The van der Waals surface area contributed by atoms with Crippen molar-refractivity contribution in [2.45, 2.75) is 36.2 Å². The maximum absolute atomic E-state index is 14.1. The van der Waals surface area contributed by atoms with Crippen molar-refractivity contribution >= 4 is 5.78 Å². The number of carbonyl (C=O) groups excluding carboxylic acids is 1. The molecule has 0 spiro atoms. The van der Waals surface area contributed by atoms with Gasteiger partial charge in [0, 0.05) is 18.7 Å². The van der Waals surface area contributed by atoms with Gasteiger partial charge in [-0.15, -0.1) is 0 Å². The molecule has 1 aliphatic rings. The number of Topliss-reactive ketones (excluding diaryl/α,β-unsaturated/α-hetero) is 1. The molecule has 2 N–H and O–H groups in total. The van der Waals surface area contributed by atoms with Crippen LogP contribution in [0, 0.1) is 0 Å². The zero-order valence-electron chi connectivity index (χ0n) is 23.5. The van der Waals surface area contributed by atoms with Gasteiger partial charge < -0.3 is 14.6 Å². The largest absolute Gasteiger partial charge is 0.497 e. The summed E-state index contributed by atoms with van der Waals surface area (Å²) in [4.78, 5) is 54.0. The molecule has 1 fully saturated rings. The number of methoxy groups -OCH3 is 1. The quantitative estimate of drug-likeness (QED) is 0.169. The molecule has 0 unspecified atom stereocenters. The molecule has 0 bridgehead atoms. The summed E-state index contributed by atoms with van der Waals surface area (Å²) in [6, 6.07) is 26.9. The Morgan fingerprint density at radius 3 is 2.12 bits per heavy atom. The molecule has 0 saturated carbocycles. The highest BCUT2D eigenvalue weighted by atomic mass is 17.2. The van der Waals surface area contributed by atoms with Crippen molar-refractivity contribution in [2.24, 2.45) is 0 Å². The van der Waals surface area contributed by atoms with Crippen molar-refractivity contribution in [3.8, 4) is 5.75 Å². The van der Waals surface area contributed by atoms with Gasteiger partial charge in [-0.3, -0.25) is 19.1 Å². The van der Waals surface area contributed by atoms with Crippen molar-refractivity contribution in [3.05, 3.63) is 135 Å². The van der Waals surface area contributed by atoms with Gasteiger partial charge in [-0.25, -0.2) is 14.6 Å². The predicted molar refractivity (Wildman–Crippen MR) is 153 cm³/mol. The predicted octanol–water partition coefficient (Wildman–Crippen LogP) is 2.92. The number of aliphatic hydroxyl groups excluding tert-OH is 1. The first-order valence-electron chi connectivity index (χ1n) is 13.4. The number of nitrogens with one attached hydrogen (secondary N) is 1. The Hall–Kier alpha value is -4.35. The standard InChI is InChI=1S/C32H32N2O8/c1-22(36)30(42-40-3)20-27(21-35)41-32(30,34-18-17-28(37)33-29(34)38)31(23-11-6-4-7-12-23,24-13-8-5-9-14-24)25-15-10-16-26(19-25)39-2/h4-19,27,35H,20-21H2,1-3H3,(H,33,37,38)/t27-,30-,32-/m0/s1. The van der Waals surface area contributed by atoms with Crippen molar-refractivity contribution in [3.63, 3.8) is 0 Å². The average Bonchev–Trinajstić information content (AvgIpc) is 3.35. The van der Waals surface area contributed by atoms with Gasteiger partial charge in [0.1, 0.15) is 5.75 Å². The molecule has 2 heterocycles. The van der Waals surface area contributed by atoms with Crippen LogP contribution in [0.15, 0.2) is 107 Å². The van der Waals surface area contributed by atoms with E-state index < -0.39 is 46.5 Å². The van der Waals surface area contributed by atoms with Crippen LogP contribution in [0.4, 0.5) is 0 Å². The van der Waals surface area contributed by atoms with E-state index >= 15 is 0 Å². The monoisotopic (exact) mass is 572 g/mol. The fraction of sp³-hybridized carbons (Fsp3) is 0.281. The van der Waals surface area contributed by atoms with Crippen molar-refractivity contribution in [2.75, 3.05) is 20.8 Å². The lowest BCUT2D eigenvalue weighted by atomic mass is 9.57. The van der Waals surface area contributed by atoms with Crippen LogP contribution in [-0.4, -0.2) is 53.0 Å².